The van der Waals surface area contributed by atoms with Crippen molar-refractivity contribution in [2.24, 2.45) is 11.8 Å². The minimum Gasteiger partial charge on any atom is -0.505 e. The van der Waals surface area contributed by atoms with Crippen LogP contribution in [0.2, 0.25) is 0 Å². The summed E-state index contributed by atoms with van der Waals surface area (Å²) in [4.78, 5) is 17.2. The normalized spacial score (nSPS) is 12.1. The van der Waals surface area contributed by atoms with E-state index in [-0.39, 0.29) is 11.2 Å². The molecule has 0 aliphatic heterocycles. The zero-order chi connectivity index (χ0) is 31.4. The second-order valence-corrected chi connectivity index (χ2v) is 13.9. The summed E-state index contributed by atoms with van der Waals surface area (Å²) in [7, 11) is 0. The Morgan fingerprint density at radius 2 is 1.42 bits per heavy atom. The molecular weight excluding hydrogens is 532 g/mol. The molecule has 0 radical (unpaired) electrons. The number of benzene rings is 2. The van der Waals surface area contributed by atoms with E-state index in [2.05, 4.69) is 69.6 Å². The van der Waals surface area contributed by atoms with Crippen molar-refractivity contribution in [2.75, 3.05) is 13.1 Å². The summed E-state index contributed by atoms with van der Waals surface area (Å²) >= 11 is 0. The molecular formula is C37H58N4O2. The Labute approximate surface area is 261 Å². The number of amides is 1. The lowest BCUT2D eigenvalue weighted by atomic mass is 9.79. The Morgan fingerprint density at radius 3 is 1.93 bits per heavy atom. The van der Waals surface area contributed by atoms with Crippen LogP contribution in [0.1, 0.15) is 130 Å². The van der Waals surface area contributed by atoms with Gasteiger partial charge in [0.2, 0.25) is 5.91 Å². The van der Waals surface area contributed by atoms with Crippen molar-refractivity contribution < 1.29 is 9.90 Å². The summed E-state index contributed by atoms with van der Waals surface area (Å²) in [5.41, 5.74) is 4.06. The summed E-state index contributed by atoms with van der Waals surface area (Å²) in [6.45, 7) is 17.4. The largest absolute Gasteiger partial charge is 0.505 e. The van der Waals surface area contributed by atoms with Gasteiger partial charge in [0.1, 0.15) is 22.5 Å². The first-order chi connectivity index (χ1) is 20.5. The van der Waals surface area contributed by atoms with E-state index in [1.807, 2.05) is 30.3 Å². The second kappa shape index (κ2) is 16.8. The molecule has 6 nitrogen and oxygen atoms in total. The predicted molar refractivity (Wildman–Crippen MR) is 180 cm³/mol. The lowest BCUT2D eigenvalue weighted by Crippen LogP contribution is -2.33. The average molecular weight is 591 g/mol. The van der Waals surface area contributed by atoms with E-state index in [0.29, 0.717) is 24.4 Å². The fourth-order valence-corrected chi connectivity index (χ4v) is 5.87. The number of hydrogen-bond donors (Lipinski definition) is 1. The Kier molecular flexibility index (Phi) is 13.5. The van der Waals surface area contributed by atoms with Crippen molar-refractivity contribution in [3.63, 3.8) is 0 Å². The number of rotatable bonds is 19. The maximum Gasteiger partial charge on any atom is 0.222 e. The van der Waals surface area contributed by atoms with Gasteiger partial charge in [-0.2, -0.15) is 0 Å². The number of carbonyl (C=O) groups excluding carboxylic acids is 1. The van der Waals surface area contributed by atoms with E-state index >= 15 is 0 Å². The monoisotopic (exact) mass is 590 g/mol. The predicted octanol–water partition coefficient (Wildman–Crippen LogP) is 9.40. The van der Waals surface area contributed by atoms with Crippen molar-refractivity contribution >= 4 is 16.9 Å². The Morgan fingerprint density at radius 1 is 0.860 bits per heavy atom. The van der Waals surface area contributed by atoms with Crippen LogP contribution in [0.4, 0.5) is 0 Å². The van der Waals surface area contributed by atoms with Gasteiger partial charge < -0.3 is 10.0 Å². The lowest BCUT2D eigenvalue weighted by molar-refractivity contribution is -0.131. The minimum atomic E-state index is -0.169. The van der Waals surface area contributed by atoms with Gasteiger partial charge in [0.15, 0.2) is 0 Å². The number of aromatic hydroxyl groups is 1. The Hall–Kier alpha value is -2.89. The van der Waals surface area contributed by atoms with E-state index in [9.17, 15) is 9.90 Å². The fourth-order valence-electron chi connectivity index (χ4n) is 5.87. The van der Waals surface area contributed by atoms with Crippen LogP contribution < -0.4 is 0 Å². The molecule has 0 atom stereocenters. The second-order valence-electron chi connectivity index (χ2n) is 13.9. The average Bonchev–Trinajstić information content (AvgIpc) is 3.39. The highest BCUT2D eigenvalue weighted by Crippen LogP contribution is 2.36. The number of phenols is 1. The quantitative estimate of drug-likeness (QED) is 0.141. The summed E-state index contributed by atoms with van der Waals surface area (Å²) in [6, 6.07) is 11.9. The third kappa shape index (κ3) is 10.7. The first-order valence-electron chi connectivity index (χ1n) is 17.0. The molecule has 0 fully saturated rings. The molecule has 0 aliphatic rings. The Bertz CT molecular complexity index is 1230. The molecule has 1 aromatic heterocycles. The molecule has 0 aliphatic carbocycles. The van der Waals surface area contributed by atoms with Crippen molar-refractivity contribution in [1.82, 2.24) is 19.9 Å². The van der Waals surface area contributed by atoms with Crippen LogP contribution in [0.25, 0.3) is 16.7 Å². The summed E-state index contributed by atoms with van der Waals surface area (Å²) in [5.74, 6) is 2.03. The molecule has 0 saturated heterocycles. The molecule has 1 amide bonds. The van der Waals surface area contributed by atoms with Crippen LogP contribution in [0.3, 0.4) is 0 Å². The van der Waals surface area contributed by atoms with Crippen molar-refractivity contribution in [2.45, 2.75) is 131 Å². The zero-order valence-corrected chi connectivity index (χ0v) is 28.2. The van der Waals surface area contributed by atoms with Crippen molar-refractivity contribution in [3.05, 3.63) is 47.5 Å². The number of nitrogens with zero attached hydrogens (tertiary/aromatic N) is 4. The van der Waals surface area contributed by atoms with Gasteiger partial charge in [-0.05, 0) is 78.7 Å². The Balaban J connectivity index is 1.65. The SMILES string of the molecule is CCc1cc(C(C)(C)CCCC(=O)N(CCCCCC(C)C)CCCCCC(C)C)cc(-n2nc3ccccc3n2)c1O. The van der Waals surface area contributed by atoms with Gasteiger partial charge in [0.05, 0.1) is 0 Å². The third-order valence-corrected chi connectivity index (χ3v) is 8.80. The van der Waals surface area contributed by atoms with E-state index in [1.54, 1.807) is 4.80 Å². The van der Waals surface area contributed by atoms with Gasteiger partial charge in [0, 0.05) is 19.5 Å². The molecule has 43 heavy (non-hydrogen) atoms. The first-order valence-corrected chi connectivity index (χ1v) is 17.0. The van der Waals surface area contributed by atoms with Crippen molar-refractivity contribution in [1.29, 1.82) is 0 Å². The third-order valence-electron chi connectivity index (χ3n) is 8.80. The van der Waals surface area contributed by atoms with Gasteiger partial charge in [0.25, 0.3) is 0 Å². The molecule has 6 heteroatoms. The number of hydrogen-bond acceptors (Lipinski definition) is 4. The van der Waals surface area contributed by atoms with E-state index in [0.717, 1.165) is 72.8 Å². The lowest BCUT2D eigenvalue weighted by Gasteiger charge is -2.28. The molecule has 0 spiro atoms. The van der Waals surface area contributed by atoms with E-state index < -0.39 is 0 Å². The molecule has 238 valence electrons. The topological polar surface area (TPSA) is 71.2 Å². The minimum absolute atomic E-state index is 0.169. The molecule has 3 aromatic rings. The van der Waals surface area contributed by atoms with Crippen LogP contribution in [0, 0.1) is 11.8 Å². The van der Waals surface area contributed by atoms with Gasteiger partial charge in [-0.3, -0.25) is 4.79 Å². The summed E-state index contributed by atoms with van der Waals surface area (Å²) in [5, 5.41) is 20.3. The van der Waals surface area contributed by atoms with Crippen LogP contribution in [0.5, 0.6) is 5.75 Å². The number of phenolic OH excluding ortho intramolecular Hbond substituents is 1. The van der Waals surface area contributed by atoms with E-state index in [4.69, 9.17) is 0 Å². The number of aromatic nitrogens is 3. The zero-order valence-electron chi connectivity index (χ0n) is 28.2. The fraction of sp³-hybridized carbons (Fsp3) is 0.649. The molecule has 2 aromatic carbocycles. The van der Waals surface area contributed by atoms with Crippen LogP contribution in [-0.2, 0) is 16.6 Å². The maximum absolute atomic E-state index is 13.5. The molecule has 0 unspecified atom stereocenters. The maximum atomic E-state index is 13.5. The molecule has 3 rings (SSSR count). The summed E-state index contributed by atoms with van der Waals surface area (Å²) in [6.07, 6.45) is 12.7. The number of fused-ring (bicyclic) bond motifs is 1. The van der Waals surface area contributed by atoms with Gasteiger partial charge in [-0.1, -0.05) is 105 Å². The highest BCUT2D eigenvalue weighted by Gasteiger charge is 2.25. The first kappa shape index (κ1) is 34.6. The van der Waals surface area contributed by atoms with Crippen LogP contribution >= 0.6 is 0 Å². The smallest absolute Gasteiger partial charge is 0.222 e. The van der Waals surface area contributed by atoms with Gasteiger partial charge in [-0.15, -0.1) is 15.0 Å². The number of aryl methyl sites for hydroxylation is 1. The summed E-state index contributed by atoms with van der Waals surface area (Å²) < 4.78 is 0. The molecule has 0 saturated carbocycles. The van der Waals surface area contributed by atoms with Gasteiger partial charge in [-0.25, -0.2) is 0 Å². The standard InChI is InChI=1S/C37H58N4O2/c1-8-30-26-31(27-34(36(30)43)41-38-32-20-13-14-21-33(32)39-41)37(6,7)23-17-22-35(42)40(24-15-9-11-18-28(2)3)25-16-10-12-19-29(4)5/h13-14,20-21,26-29,43H,8-12,15-19,22-25H2,1-7H3. The van der Waals surface area contributed by atoms with Crippen LogP contribution in [-0.4, -0.2) is 44.0 Å². The highest BCUT2D eigenvalue weighted by atomic mass is 16.3. The van der Waals surface area contributed by atoms with Crippen molar-refractivity contribution in [3.8, 4) is 11.4 Å². The molecule has 0 bridgehead atoms. The van der Waals surface area contributed by atoms with Crippen LogP contribution in [0.15, 0.2) is 36.4 Å². The van der Waals surface area contributed by atoms with E-state index in [1.165, 1.54) is 38.5 Å². The number of unbranched alkanes of at least 4 members (excludes halogenated alkanes) is 4. The molecule has 1 N–H and O–H groups in total. The van der Waals surface area contributed by atoms with Gasteiger partial charge >= 0.3 is 0 Å². The number of carbonyl (C=O) groups is 1. The molecule has 1 heterocycles. The highest BCUT2D eigenvalue weighted by molar-refractivity contribution is 5.76.